The number of nitro groups is 1. The van der Waals surface area contributed by atoms with Gasteiger partial charge in [0.25, 0.3) is 11.8 Å². The van der Waals surface area contributed by atoms with Crippen LogP contribution in [0.2, 0.25) is 0 Å². The third-order valence-corrected chi connectivity index (χ3v) is 5.34. The van der Waals surface area contributed by atoms with E-state index in [1.165, 1.54) is 25.1 Å². The van der Waals surface area contributed by atoms with Crippen molar-refractivity contribution in [3.8, 4) is 0 Å². The molecule has 5 N–H and O–H groups in total. The van der Waals surface area contributed by atoms with Gasteiger partial charge in [0.15, 0.2) is 5.13 Å². The number of hydrogen-bond acceptors (Lipinski definition) is 12. The Hall–Kier alpha value is -4.19. The van der Waals surface area contributed by atoms with Crippen molar-refractivity contribution in [3.05, 3.63) is 45.6 Å². The van der Waals surface area contributed by atoms with Gasteiger partial charge in [0.05, 0.1) is 55.8 Å². The lowest BCUT2D eigenvalue weighted by Crippen LogP contribution is -2.28. The van der Waals surface area contributed by atoms with Crippen LogP contribution >= 0.6 is 11.3 Å². The number of primary amides is 1. The maximum absolute atomic E-state index is 12.7. The van der Waals surface area contributed by atoms with Crippen molar-refractivity contribution in [1.29, 1.82) is 0 Å². The van der Waals surface area contributed by atoms with Gasteiger partial charge in [-0.25, -0.2) is 9.78 Å². The van der Waals surface area contributed by atoms with Gasteiger partial charge in [-0.2, -0.15) is 0 Å². The highest BCUT2D eigenvalue weighted by molar-refractivity contribution is 7.18. The number of benzene rings is 1. The van der Waals surface area contributed by atoms with Crippen LogP contribution in [-0.2, 0) is 23.7 Å². The number of carbonyl (C=O) groups is 4. The number of ether oxygens (including phenoxy) is 4. The highest BCUT2D eigenvalue weighted by Crippen LogP contribution is 2.26. The molecule has 0 fully saturated rings. The Kier molecular flexibility index (Phi) is 13.2. The largest absolute Gasteiger partial charge is 0.447 e. The van der Waals surface area contributed by atoms with Crippen LogP contribution in [0.5, 0.6) is 0 Å². The summed E-state index contributed by atoms with van der Waals surface area (Å²) in [7, 11) is 0. The minimum absolute atomic E-state index is 0.00759. The molecule has 16 nitrogen and oxygen atoms in total. The van der Waals surface area contributed by atoms with Crippen LogP contribution in [0, 0.1) is 10.1 Å². The average molecular weight is 569 g/mol. The maximum atomic E-state index is 12.7. The second kappa shape index (κ2) is 16.6. The molecule has 0 saturated carbocycles. The third kappa shape index (κ3) is 11.8. The zero-order valence-electron chi connectivity index (χ0n) is 20.9. The van der Waals surface area contributed by atoms with Crippen molar-refractivity contribution in [3.63, 3.8) is 0 Å². The van der Waals surface area contributed by atoms with Crippen LogP contribution in [0.4, 0.5) is 20.6 Å². The number of aromatic nitrogens is 1. The lowest BCUT2D eigenvalue weighted by atomic mass is 10.1. The van der Waals surface area contributed by atoms with Gasteiger partial charge in [0, 0.05) is 19.0 Å². The van der Waals surface area contributed by atoms with E-state index in [0.717, 1.165) is 6.20 Å². The molecular weight excluding hydrogens is 540 g/mol. The fourth-order valence-corrected chi connectivity index (χ4v) is 3.46. The topological polar surface area (TPSA) is 223 Å². The van der Waals surface area contributed by atoms with Crippen molar-refractivity contribution in [2.24, 2.45) is 5.73 Å². The summed E-state index contributed by atoms with van der Waals surface area (Å²) in [6, 6.07) is 4.09. The second-order valence-corrected chi connectivity index (χ2v) is 8.43. The van der Waals surface area contributed by atoms with E-state index in [0.29, 0.717) is 37.8 Å². The Labute approximate surface area is 226 Å². The molecule has 0 saturated heterocycles. The van der Waals surface area contributed by atoms with Gasteiger partial charge in [-0.3, -0.25) is 29.8 Å². The van der Waals surface area contributed by atoms with Crippen molar-refractivity contribution in [2.45, 2.75) is 6.92 Å². The summed E-state index contributed by atoms with van der Waals surface area (Å²) in [5.74, 6) is -1.60. The van der Waals surface area contributed by atoms with E-state index in [2.05, 4.69) is 25.7 Å². The summed E-state index contributed by atoms with van der Waals surface area (Å²) in [6.07, 6.45) is 0.157. The normalized spacial score (nSPS) is 10.5. The molecule has 17 heteroatoms. The van der Waals surface area contributed by atoms with Crippen LogP contribution in [0.15, 0.2) is 24.4 Å². The fraction of sp³-hybridized carbons (Fsp3) is 0.409. The molecule has 0 aliphatic heterocycles. The maximum Gasteiger partial charge on any atom is 0.404 e. The van der Waals surface area contributed by atoms with E-state index in [1.807, 2.05) is 0 Å². The standard InChI is InChI=1S/C22H28N6O10S/c1-14(29)26-17-12-15(2-3-16(17)20(31)27-22-25-13-18(39-22)28(33)34)19(30)24-4-5-35-6-7-36-8-9-37-10-11-38-21(23)32/h2-3,12-13H,4-11H2,1H3,(H2,23,32)(H,24,30)(H,26,29)(H,25,27,31). The Morgan fingerprint density at radius 2 is 1.62 bits per heavy atom. The Morgan fingerprint density at radius 3 is 2.21 bits per heavy atom. The molecule has 1 aromatic heterocycles. The van der Waals surface area contributed by atoms with Crippen molar-refractivity contribution in [1.82, 2.24) is 10.3 Å². The summed E-state index contributed by atoms with van der Waals surface area (Å²) >= 11 is 0.678. The number of amides is 4. The van der Waals surface area contributed by atoms with E-state index >= 15 is 0 Å². The summed E-state index contributed by atoms with van der Waals surface area (Å²) in [6.45, 7) is 3.18. The van der Waals surface area contributed by atoms with Crippen LogP contribution in [0.1, 0.15) is 27.6 Å². The van der Waals surface area contributed by atoms with Crippen LogP contribution < -0.4 is 21.7 Å². The second-order valence-electron chi connectivity index (χ2n) is 7.42. The number of nitrogens with two attached hydrogens (primary N) is 1. The van der Waals surface area contributed by atoms with Crippen LogP contribution in [-0.4, -0.2) is 86.5 Å². The zero-order valence-corrected chi connectivity index (χ0v) is 21.7. The van der Waals surface area contributed by atoms with E-state index in [-0.39, 0.29) is 53.3 Å². The van der Waals surface area contributed by atoms with Crippen LogP contribution in [0.25, 0.3) is 0 Å². The monoisotopic (exact) mass is 568 g/mol. The quantitative estimate of drug-likeness (QED) is 0.120. The zero-order chi connectivity index (χ0) is 28.6. The summed E-state index contributed by atoms with van der Waals surface area (Å²) in [5, 5.41) is 18.2. The van der Waals surface area contributed by atoms with E-state index < -0.39 is 28.7 Å². The van der Waals surface area contributed by atoms with E-state index in [9.17, 15) is 29.3 Å². The summed E-state index contributed by atoms with van der Waals surface area (Å²) in [5.41, 5.74) is 5.11. The predicted octanol–water partition coefficient (Wildman–Crippen LogP) is 1.14. The molecule has 0 unspecified atom stereocenters. The van der Waals surface area contributed by atoms with Gasteiger partial charge in [0.2, 0.25) is 5.91 Å². The highest BCUT2D eigenvalue weighted by Gasteiger charge is 2.19. The molecule has 0 spiro atoms. The molecule has 0 bridgehead atoms. The van der Waals surface area contributed by atoms with Gasteiger partial charge >= 0.3 is 11.1 Å². The first-order valence-electron chi connectivity index (χ1n) is 11.4. The number of carbonyl (C=O) groups excluding carboxylic acids is 4. The number of thiazole rings is 1. The molecule has 2 aromatic rings. The summed E-state index contributed by atoms with van der Waals surface area (Å²) < 4.78 is 20.4. The Balaban J connectivity index is 1.74. The first kappa shape index (κ1) is 31.0. The smallest absolute Gasteiger partial charge is 0.404 e. The molecule has 212 valence electrons. The average Bonchev–Trinajstić information content (AvgIpc) is 3.35. The molecule has 1 heterocycles. The molecule has 0 aliphatic carbocycles. The SMILES string of the molecule is CC(=O)Nc1cc(C(=O)NCCOCCOCCOCCOC(N)=O)ccc1C(=O)Nc1ncc([N+](=O)[O-])s1. The molecule has 4 amide bonds. The Morgan fingerprint density at radius 1 is 0.974 bits per heavy atom. The minimum Gasteiger partial charge on any atom is -0.447 e. The molecule has 2 rings (SSSR count). The van der Waals surface area contributed by atoms with Crippen molar-refractivity contribution in [2.75, 3.05) is 63.4 Å². The highest BCUT2D eigenvalue weighted by atomic mass is 32.1. The fourth-order valence-electron chi connectivity index (χ4n) is 2.83. The number of anilines is 2. The number of nitrogens with zero attached hydrogens (tertiary/aromatic N) is 2. The predicted molar refractivity (Wildman–Crippen MR) is 138 cm³/mol. The molecule has 0 radical (unpaired) electrons. The van der Waals surface area contributed by atoms with Gasteiger partial charge in [-0.15, -0.1) is 0 Å². The first-order valence-corrected chi connectivity index (χ1v) is 12.3. The number of hydrogen-bond donors (Lipinski definition) is 4. The first-order chi connectivity index (χ1) is 18.7. The molecule has 1 aromatic carbocycles. The van der Waals surface area contributed by atoms with Gasteiger partial charge in [-0.1, -0.05) is 0 Å². The van der Waals surface area contributed by atoms with Gasteiger partial charge in [-0.05, 0) is 29.5 Å². The molecule has 39 heavy (non-hydrogen) atoms. The van der Waals surface area contributed by atoms with Crippen LogP contribution in [0.3, 0.4) is 0 Å². The third-order valence-electron chi connectivity index (χ3n) is 4.48. The van der Waals surface area contributed by atoms with Crippen molar-refractivity contribution >= 4 is 51.0 Å². The summed E-state index contributed by atoms with van der Waals surface area (Å²) in [4.78, 5) is 61.2. The van der Waals surface area contributed by atoms with E-state index in [4.69, 9.17) is 19.9 Å². The number of rotatable bonds is 17. The lowest BCUT2D eigenvalue weighted by molar-refractivity contribution is -0.380. The lowest BCUT2D eigenvalue weighted by Gasteiger charge is -2.12. The Bertz CT molecular complexity index is 1160. The van der Waals surface area contributed by atoms with Gasteiger partial charge in [0.1, 0.15) is 12.8 Å². The van der Waals surface area contributed by atoms with Crippen molar-refractivity contribution < 1.29 is 43.0 Å². The number of nitrogens with one attached hydrogen (secondary N) is 3. The molecule has 0 aliphatic rings. The minimum atomic E-state index is -0.860. The molecule has 0 atom stereocenters. The molecular formula is C22H28N6O10S. The van der Waals surface area contributed by atoms with E-state index in [1.54, 1.807) is 0 Å². The van der Waals surface area contributed by atoms with Gasteiger partial charge < -0.3 is 35.3 Å².